The Labute approximate surface area is 125 Å². The number of anilines is 1. The third kappa shape index (κ3) is 2.10. The number of carboxylic acid groups (broad SMARTS) is 1. The molecule has 1 aromatic heterocycles. The molecule has 0 saturated carbocycles. The third-order valence-electron chi connectivity index (χ3n) is 3.53. The summed E-state index contributed by atoms with van der Waals surface area (Å²) in [6.45, 7) is 1.73. The van der Waals surface area contributed by atoms with Crippen LogP contribution in [0.1, 0.15) is 28.9 Å². The summed E-state index contributed by atoms with van der Waals surface area (Å²) in [5.41, 5.74) is 7.32. The molecule has 112 valence electrons. The lowest BCUT2D eigenvalue weighted by Crippen LogP contribution is -2.31. The number of amides is 1. The van der Waals surface area contributed by atoms with Gasteiger partial charge in [0, 0.05) is 5.70 Å². The Bertz CT molecular complexity index is 791. The Morgan fingerprint density at radius 1 is 1.32 bits per heavy atom. The standard InChI is InChI=1S/C14H13N5O3/c1-7-10(12(15)20)11(19-14(18-7)16-6-17-19)8-2-4-9(5-3-8)13(21)22/h2-6,11H,1H3,(H2,15,20)(H,21,22)(H,16,17,18). The van der Waals surface area contributed by atoms with Crippen LogP contribution in [-0.4, -0.2) is 31.7 Å². The molecule has 8 nitrogen and oxygen atoms in total. The number of aromatic carboxylic acids is 1. The molecule has 1 aromatic carbocycles. The maximum absolute atomic E-state index is 11.8. The lowest BCUT2D eigenvalue weighted by Gasteiger charge is -2.27. The molecule has 1 aliphatic heterocycles. The first-order valence-corrected chi connectivity index (χ1v) is 6.49. The lowest BCUT2D eigenvalue weighted by molar-refractivity contribution is -0.115. The van der Waals surface area contributed by atoms with Crippen LogP contribution in [0.25, 0.3) is 0 Å². The normalized spacial score (nSPS) is 16.9. The number of nitrogens with zero attached hydrogens (tertiary/aromatic N) is 3. The molecule has 0 saturated heterocycles. The molecule has 4 N–H and O–H groups in total. The van der Waals surface area contributed by atoms with E-state index in [9.17, 15) is 9.59 Å². The van der Waals surface area contributed by atoms with Crippen molar-refractivity contribution in [3.8, 4) is 0 Å². The zero-order chi connectivity index (χ0) is 15.9. The molecule has 0 spiro atoms. The number of rotatable bonds is 3. The average molecular weight is 299 g/mol. The average Bonchev–Trinajstić information content (AvgIpc) is 2.93. The smallest absolute Gasteiger partial charge is 0.335 e. The van der Waals surface area contributed by atoms with Gasteiger partial charge in [0.15, 0.2) is 0 Å². The summed E-state index contributed by atoms with van der Waals surface area (Å²) in [6, 6.07) is 5.69. The van der Waals surface area contributed by atoms with Crippen molar-refractivity contribution in [1.82, 2.24) is 14.8 Å². The van der Waals surface area contributed by atoms with Crippen molar-refractivity contribution >= 4 is 17.8 Å². The number of benzene rings is 1. The van der Waals surface area contributed by atoms with Crippen LogP contribution in [-0.2, 0) is 4.79 Å². The molecule has 1 atom stereocenters. The van der Waals surface area contributed by atoms with Crippen LogP contribution >= 0.6 is 0 Å². The van der Waals surface area contributed by atoms with Gasteiger partial charge in [-0.1, -0.05) is 12.1 Å². The number of carbonyl (C=O) groups is 2. The topological polar surface area (TPSA) is 123 Å². The number of carboxylic acids is 1. The summed E-state index contributed by atoms with van der Waals surface area (Å²) in [5.74, 6) is -1.09. The molecule has 2 heterocycles. The Balaban J connectivity index is 2.14. The first kappa shape index (κ1) is 13.8. The van der Waals surface area contributed by atoms with E-state index in [0.29, 0.717) is 22.8 Å². The van der Waals surface area contributed by atoms with Gasteiger partial charge in [-0.05, 0) is 24.6 Å². The van der Waals surface area contributed by atoms with E-state index in [2.05, 4.69) is 15.4 Å². The van der Waals surface area contributed by atoms with Crippen LogP contribution in [0.3, 0.4) is 0 Å². The summed E-state index contributed by atoms with van der Waals surface area (Å²) in [4.78, 5) is 26.9. The van der Waals surface area contributed by atoms with Crippen LogP contribution in [0, 0.1) is 0 Å². The zero-order valence-corrected chi connectivity index (χ0v) is 11.6. The predicted octanol–water partition coefficient (Wildman–Crippen LogP) is 0.750. The van der Waals surface area contributed by atoms with Crippen molar-refractivity contribution in [2.45, 2.75) is 13.0 Å². The zero-order valence-electron chi connectivity index (χ0n) is 11.6. The Kier molecular flexibility index (Phi) is 3.13. The second-order valence-electron chi connectivity index (χ2n) is 4.89. The molecule has 3 rings (SSSR count). The van der Waals surface area contributed by atoms with E-state index in [4.69, 9.17) is 10.8 Å². The highest BCUT2D eigenvalue weighted by molar-refractivity contribution is 5.95. The van der Waals surface area contributed by atoms with E-state index in [1.54, 1.807) is 23.7 Å². The van der Waals surface area contributed by atoms with Gasteiger partial charge < -0.3 is 16.2 Å². The number of hydrogen-bond acceptors (Lipinski definition) is 5. The molecule has 1 amide bonds. The summed E-state index contributed by atoms with van der Waals surface area (Å²) in [6.07, 6.45) is 1.37. The van der Waals surface area contributed by atoms with Crippen molar-refractivity contribution in [2.75, 3.05) is 5.32 Å². The minimum Gasteiger partial charge on any atom is -0.478 e. The van der Waals surface area contributed by atoms with E-state index in [1.807, 2.05) is 0 Å². The van der Waals surface area contributed by atoms with E-state index in [-0.39, 0.29) is 5.56 Å². The molecule has 2 aromatic rings. The summed E-state index contributed by atoms with van der Waals surface area (Å²) in [7, 11) is 0. The number of carbonyl (C=O) groups excluding carboxylic acids is 1. The van der Waals surface area contributed by atoms with Crippen molar-refractivity contribution in [3.05, 3.63) is 53.0 Å². The van der Waals surface area contributed by atoms with Crippen LogP contribution in [0.15, 0.2) is 41.9 Å². The van der Waals surface area contributed by atoms with Gasteiger partial charge in [0.25, 0.3) is 0 Å². The summed E-state index contributed by atoms with van der Waals surface area (Å²) < 4.78 is 1.54. The number of allylic oxidation sites excluding steroid dienone is 1. The maximum atomic E-state index is 11.8. The molecular formula is C14H13N5O3. The van der Waals surface area contributed by atoms with Gasteiger partial charge in [-0.2, -0.15) is 10.1 Å². The number of hydrogen-bond donors (Lipinski definition) is 3. The third-order valence-corrected chi connectivity index (χ3v) is 3.53. The highest BCUT2D eigenvalue weighted by atomic mass is 16.4. The molecule has 0 bridgehead atoms. The monoisotopic (exact) mass is 299 g/mol. The fourth-order valence-electron chi connectivity index (χ4n) is 2.53. The molecular weight excluding hydrogens is 286 g/mol. The van der Waals surface area contributed by atoms with E-state index in [1.165, 1.54) is 18.5 Å². The van der Waals surface area contributed by atoms with E-state index < -0.39 is 17.9 Å². The minimum atomic E-state index is -1.01. The second kappa shape index (κ2) is 4.99. The van der Waals surface area contributed by atoms with Crippen molar-refractivity contribution in [2.24, 2.45) is 5.73 Å². The van der Waals surface area contributed by atoms with Gasteiger partial charge >= 0.3 is 5.97 Å². The Morgan fingerprint density at radius 3 is 2.59 bits per heavy atom. The quantitative estimate of drug-likeness (QED) is 0.768. The fourth-order valence-corrected chi connectivity index (χ4v) is 2.53. The number of fused-ring (bicyclic) bond motifs is 1. The second-order valence-corrected chi connectivity index (χ2v) is 4.89. The van der Waals surface area contributed by atoms with Crippen LogP contribution < -0.4 is 11.1 Å². The number of nitrogens with two attached hydrogens (primary N) is 1. The minimum absolute atomic E-state index is 0.165. The Morgan fingerprint density at radius 2 is 2.00 bits per heavy atom. The summed E-state index contributed by atoms with van der Waals surface area (Å²) >= 11 is 0. The van der Waals surface area contributed by atoms with Crippen molar-refractivity contribution < 1.29 is 14.7 Å². The van der Waals surface area contributed by atoms with Gasteiger partial charge in [0.1, 0.15) is 12.4 Å². The van der Waals surface area contributed by atoms with Crippen molar-refractivity contribution in [3.63, 3.8) is 0 Å². The maximum Gasteiger partial charge on any atom is 0.335 e. The van der Waals surface area contributed by atoms with E-state index >= 15 is 0 Å². The lowest BCUT2D eigenvalue weighted by atomic mass is 9.94. The van der Waals surface area contributed by atoms with E-state index in [0.717, 1.165) is 0 Å². The van der Waals surface area contributed by atoms with Gasteiger partial charge in [-0.15, -0.1) is 0 Å². The number of nitrogens with one attached hydrogen (secondary N) is 1. The number of aromatic nitrogens is 3. The predicted molar refractivity (Wildman–Crippen MR) is 77.1 cm³/mol. The fraction of sp³-hybridized carbons (Fsp3) is 0.143. The Hall–Kier alpha value is -3.16. The molecule has 1 aliphatic rings. The van der Waals surface area contributed by atoms with Crippen LogP contribution in [0.2, 0.25) is 0 Å². The largest absolute Gasteiger partial charge is 0.478 e. The first-order chi connectivity index (χ1) is 10.5. The molecule has 22 heavy (non-hydrogen) atoms. The van der Waals surface area contributed by atoms with Gasteiger partial charge in [0.2, 0.25) is 11.9 Å². The molecule has 0 radical (unpaired) electrons. The number of primary amides is 1. The molecule has 0 aliphatic carbocycles. The molecule has 0 fully saturated rings. The molecule has 1 unspecified atom stereocenters. The summed E-state index contributed by atoms with van der Waals surface area (Å²) in [5, 5.41) is 16.1. The SMILES string of the molecule is CC1=C(C(N)=O)C(c2ccc(C(=O)O)cc2)n2ncnc2N1. The van der Waals surface area contributed by atoms with Gasteiger partial charge in [-0.3, -0.25) is 4.79 Å². The first-order valence-electron chi connectivity index (χ1n) is 6.49. The highest BCUT2D eigenvalue weighted by Crippen LogP contribution is 2.34. The van der Waals surface area contributed by atoms with Gasteiger partial charge in [-0.25, -0.2) is 9.48 Å². The highest BCUT2D eigenvalue weighted by Gasteiger charge is 2.32. The molecule has 8 heteroatoms. The van der Waals surface area contributed by atoms with Gasteiger partial charge in [0.05, 0.1) is 11.1 Å². The van der Waals surface area contributed by atoms with Crippen molar-refractivity contribution in [1.29, 1.82) is 0 Å². The van der Waals surface area contributed by atoms with Crippen LogP contribution in [0.4, 0.5) is 5.95 Å². The van der Waals surface area contributed by atoms with Crippen LogP contribution in [0.5, 0.6) is 0 Å².